The fourth-order valence-electron chi connectivity index (χ4n) is 2.48. The predicted octanol–water partition coefficient (Wildman–Crippen LogP) is 2.29. The standard InChI is InChI=1S/C16H16N2O2/c1-20-15-7-6-13(10-17-15)16(19)18-9-8-12-4-2-3-5-14(12)11-18/h2-7,10H,8-9,11H2,1H3. The van der Waals surface area contributed by atoms with Crippen molar-refractivity contribution in [1.82, 2.24) is 9.88 Å². The minimum absolute atomic E-state index is 0.0228. The summed E-state index contributed by atoms with van der Waals surface area (Å²) in [4.78, 5) is 18.4. The maximum Gasteiger partial charge on any atom is 0.255 e. The summed E-state index contributed by atoms with van der Waals surface area (Å²) in [5.74, 6) is 0.542. The molecule has 0 aliphatic carbocycles. The number of ether oxygens (including phenoxy) is 1. The van der Waals surface area contributed by atoms with E-state index < -0.39 is 0 Å². The third-order valence-electron chi connectivity index (χ3n) is 3.61. The van der Waals surface area contributed by atoms with Crippen molar-refractivity contribution in [2.75, 3.05) is 13.7 Å². The number of carbonyl (C=O) groups excluding carboxylic acids is 1. The zero-order chi connectivity index (χ0) is 13.9. The Kier molecular flexibility index (Phi) is 3.37. The van der Waals surface area contributed by atoms with E-state index in [0.29, 0.717) is 18.0 Å². The van der Waals surface area contributed by atoms with Crippen LogP contribution in [0.15, 0.2) is 42.6 Å². The Labute approximate surface area is 118 Å². The number of pyridine rings is 1. The number of methoxy groups -OCH3 is 1. The zero-order valence-corrected chi connectivity index (χ0v) is 11.4. The van der Waals surface area contributed by atoms with Gasteiger partial charge in [-0.3, -0.25) is 4.79 Å². The maximum absolute atomic E-state index is 12.5. The molecule has 0 saturated heterocycles. The monoisotopic (exact) mass is 268 g/mol. The molecule has 1 aromatic carbocycles. The highest BCUT2D eigenvalue weighted by atomic mass is 16.5. The summed E-state index contributed by atoms with van der Waals surface area (Å²) in [6.07, 6.45) is 2.48. The van der Waals surface area contributed by atoms with Gasteiger partial charge in [-0.15, -0.1) is 0 Å². The molecule has 0 atom stereocenters. The Morgan fingerprint density at radius 1 is 1.20 bits per heavy atom. The molecule has 20 heavy (non-hydrogen) atoms. The molecule has 4 nitrogen and oxygen atoms in total. The second kappa shape index (κ2) is 5.33. The minimum atomic E-state index is 0.0228. The summed E-state index contributed by atoms with van der Waals surface area (Å²) in [5, 5.41) is 0. The van der Waals surface area contributed by atoms with E-state index in [-0.39, 0.29) is 5.91 Å². The molecule has 3 rings (SSSR count). The van der Waals surface area contributed by atoms with Gasteiger partial charge in [0.1, 0.15) is 0 Å². The lowest BCUT2D eigenvalue weighted by Crippen LogP contribution is -2.35. The molecule has 2 heterocycles. The molecule has 0 N–H and O–H groups in total. The first-order chi connectivity index (χ1) is 9.78. The highest BCUT2D eigenvalue weighted by Gasteiger charge is 2.21. The van der Waals surface area contributed by atoms with Gasteiger partial charge < -0.3 is 9.64 Å². The van der Waals surface area contributed by atoms with Crippen LogP contribution in [0.3, 0.4) is 0 Å². The van der Waals surface area contributed by atoms with E-state index in [1.54, 1.807) is 25.4 Å². The zero-order valence-electron chi connectivity index (χ0n) is 11.4. The molecule has 1 aliphatic heterocycles. The van der Waals surface area contributed by atoms with Crippen molar-refractivity contribution in [3.8, 4) is 5.88 Å². The van der Waals surface area contributed by atoms with Crippen molar-refractivity contribution < 1.29 is 9.53 Å². The van der Waals surface area contributed by atoms with Gasteiger partial charge in [0.2, 0.25) is 5.88 Å². The van der Waals surface area contributed by atoms with Crippen molar-refractivity contribution in [3.63, 3.8) is 0 Å². The first-order valence-corrected chi connectivity index (χ1v) is 6.64. The molecule has 0 bridgehead atoms. The van der Waals surface area contributed by atoms with Gasteiger partial charge in [-0.25, -0.2) is 4.98 Å². The molecule has 1 aromatic heterocycles. The lowest BCUT2D eigenvalue weighted by molar-refractivity contribution is 0.0734. The van der Waals surface area contributed by atoms with Crippen LogP contribution in [0.1, 0.15) is 21.5 Å². The summed E-state index contributed by atoms with van der Waals surface area (Å²) in [7, 11) is 1.56. The molecule has 0 saturated carbocycles. The van der Waals surface area contributed by atoms with E-state index in [4.69, 9.17) is 4.74 Å². The molecular weight excluding hydrogens is 252 g/mol. The second-order valence-corrected chi connectivity index (χ2v) is 4.83. The number of benzene rings is 1. The molecule has 102 valence electrons. The minimum Gasteiger partial charge on any atom is -0.481 e. The van der Waals surface area contributed by atoms with E-state index in [2.05, 4.69) is 17.1 Å². The summed E-state index contributed by atoms with van der Waals surface area (Å²) in [6.45, 7) is 1.42. The molecule has 0 spiro atoms. The normalized spacial score (nSPS) is 13.8. The Morgan fingerprint density at radius 2 is 2.00 bits per heavy atom. The Hall–Kier alpha value is -2.36. The van der Waals surface area contributed by atoms with Crippen molar-refractivity contribution in [3.05, 3.63) is 59.3 Å². The molecule has 0 fully saturated rings. The van der Waals surface area contributed by atoms with Gasteiger partial charge in [0, 0.05) is 25.4 Å². The largest absolute Gasteiger partial charge is 0.481 e. The molecule has 2 aromatic rings. The van der Waals surface area contributed by atoms with E-state index in [1.165, 1.54) is 11.1 Å². The van der Waals surface area contributed by atoms with Gasteiger partial charge in [0.05, 0.1) is 12.7 Å². The van der Waals surface area contributed by atoms with Crippen LogP contribution in [0.25, 0.3) is 0 Å². The number of amides is 1. The van der Waals surface area contributed by atoms with E-state index in [9.17, 15) is 4.79 Å². The van der Waals surface area contributed by atoms with Gasteiger partial charge in [-0.1, -0.05) is 24.3 Å². The van der Waals surface area contributed by atoms with Gasteiger partial charge >= 0.3 is 0 Å². The van der Waals surface area contributed by atoms with Gasteiger partial charge in [0.15, 0.2) is 0 Å². The third kappa shape index (κ3) is 2.37. The SMILES string of the molecule is COc1ccc(C(=O)N2CCc3ccccc3C2)cn1. The van der Waals surface area contributed by atoms with Crippen LogP contribution in [-0.4, -0.2) is 29.4 Å². The molecular formula is C16H16N2O2. The highest BCUT2D eigenvalue weighted by molar-refractivity contribution is 5.94. The number of hydrogen-bond donors (Lipinski definition) is 0. The number of nitrogens with zero attached hydrogens (tertiary/aromatic N) is 2. The lowest BCUT2D eigenvalue weighted by atomic mass is 9.99. The highest BCUT2D eigenvalue weighted by Crippen LogP contribution is 2.20. The van der Waals surface area contributed by atoms with Gasteiger partial charge in [-0.2, -0.15) is 0 Å². The van der Waals surface area contributed by atoms with Crippen LogP contribution in [-0.2, 0) is 13.0 Å². The number of carbonyl (C=O) groups is 1. The van der Waals surface area contributed by atoms with E-state index >= 15 is 0 Å². The number of fused-ring (bicyclic) bond motifs is 1. The summed E-state index contributed by atoms with van der Waals surface area (Å²) < 4.78 is 5.00. The van der Waals surface area contributed by atoms with Gasteiger partial charge in [-0.05, 0) is 23.6 Å². The fraction of sp³-hybridized carbons (Fsp3) is 0.250. The van der Waals surface area contributed by atoms with Gasteiger partial charge in [0.25, 0.3) is 5.91 Å². The van der Waals surface area contributed by atoms with E-state index in [0.717, 1.165) is 13.0 Å². The first kappa shape index (κ1) is 12.7. The average Bonchev–Trinajstić information content (AvgIpc) is 2.54. The van der Waals surface area contributed by atoms with E-state index in [1.807, 2.05) is 17.0 Å². The number of hydrogen-bond acceptors (Lipinski definition) is 3. The summed E-state index contributed by atoms with van der Waals surface area (Å²) >= 11 is 0. The Morgan fingerprint density at radius 3 is 2.70 bits per heavy atom. The van der Waals surface area contributed by atoms with Crippen LogP contribution < -0.4 is 4.74 Å². The quantitative estimate of drug-likeness (QED) is 0.839. The maximum atomic E-state index is 12.5. The Bertz CT molecular complexity index is 623. The molecule has 4 heteroatoms. The number of aromatic nitrogens is 1. The third-order valence-corrected chi connectivity index (χ3v) is 3.61. The lowest BCUT2D eigenvalue weighted by Gasteiger charge is -2.28. The molecule has 1 aliphatic rings. The number of rotatable bonds is 2. The molecule has 1 amide bonds. The summed E-state index contributed by atoms with van der Waals surface area (Å²) in [6, 6.07) is 11.7. The van der Waals surface area contributed by atoms with Crippen molar-refractivity contribution in [1.29, 1.82) is 0 Å². The fourth-order valence-corrected chi connectivity index (χ4v) is 2.48. The molecule has 0 radical (unpaired) electrons. The smallest absolute Gasteiger partial charge is 0.255 e. The average molecular weight is 268 g/mol. The topological polar surface area (TPSA) is 42.4 Å². The van der Waals surface area contributed by atoms with Crippen LogP contribution in [0, 0.1) is 0 Å². The predicted molar refractivity (Wildman–Crippen MR) is 75.7 cm³/mol. The first-order valence-electron chi connectivity index (χ1n) is 6.64. The second-order valence-electron chi connectivity index (χ2n) is 4.83. The van der Waals surface area contributed by atoms with Crippen LogP contribution >= 0.6 is 0 Å². The summed E-state index contributed by atoms with van der Waals surface area (Å²) in [5.41, 5.74) is 3.17. The van der Waals surface area contributed by atoms with Crippen molar-refractivity contribution in [2.24, 2.45) is 0 Å². The Balaban J connectivity index is 1.78. The van der Waals surface area contributed by atoms with Crippen LogP contribution in [0.2, 0.25) is 0 Å². The van der Waals surface area contributed by atoms with Crippen molar-refractivity contribution >= 4 is 5.91 Å². The van der Waals surface area contributed by atoms with Crippen LogP contribution in [0.5, 0.6) is 5.88 Å². The van der Waals surface area contributed by atoms with Crippen LogP contribution in [0.4, 0.5) is 0 Å². The molecule has 0 unspecified atom stereocenters. The van der Waals surface area contributed by atoms with Crippen molar-refractivity contribution in [2.45, 2.75) is 13.0 Å².